The zero-order valence-corrected chi connectivity index (χ0v) is 12.2. The first-order chi connectivity index (χ1) is 10.1. The maximum absolute atomic E-state index is 11.8. The quantitative estimate of drug-likeness (QED) is 0.865. The summed E-state index contributed by atoms with van der Waals surface area (Å²) >= 11 is 0. The molecule has 0 saturated heterocycles. The molecule has 0 bridgehead atoms. The van der Waals surface area contributed by atoms with E-state index in [1.165, 1.54) is 0 Å². The van der Waals surface area contributed by atoms with Gasteiger partial charge in [0.25, 0.3) is 0 Å². The van der Waals surface area contributed by atoms with Gasteiger partial charge in [-0.3, -0.25) is 0 Å². The molecule has 21 heavy (non-hydrogen) atoms. The van der Waals surface area contributed by atoms with Crippen molar-refractivity contribution in [3.05, 3.63) is 46.9 Å². The van der Waals surface area contributed by atoms with Crippen LogP contribution in [0.25, 0.3) is 6.08 Å². The predicted octanol–water partition coefficient (Wildman–Crippen LogP) is 2.89. The standard InChI is InChI=1S/C16H17NO4/c1-4-21-16(19)14-10(2)17-13(15(14)18)9-11-5-7-12(20-3)8-6-11/h5-9,18H,4H2,1-3H3/b13-9-. The van der Waals surface area contributed by atoms with Crippen molar-refractivity contribution in [2.24, 2.45) is 4.99 Å². The molecule has 110 valence electrons. The van der Waals surface area contributed by atoms with E-state index in [1.54, 1.807) is 27.0 Å². The molecule has 0 amide bonds. The van der Waals surface area contributed by atoms with Gasteiger partial charge in [-0.1, -0.05) is 12.1 Å². The summed E-state index contributed by atoms with van der Waals surface area (Å²) in [7, 11) is 1.60. The zero-order valence-electron chi connectivity index (χ0n) is 12.2. The van der Waals surface area contributed by atoms with Gasteiger partial charge in [-0.05, 0) is 37.6 Å². The molecule has 5 heteroatoms. The molecule has 0 radical (unpaired) electrons. The Bertz CT molecular complexity index is 639. The minimum atomic E-state index is -0.561. The van der Waals surface area contributed by atoms with Crippen LogP contribution in [-0.2, 0) is 9.53 Å². The van der Waals surface area contributed by atoms with E-state index < -0.39 is 5.97 Å². The fraction of sp³-hybridized carbons (Fsp3) is 0.250. The minimum absolute atomic E-state index is 0.122. The molecule has 5 nitrogen and oxygen atoms in total. The minimum Gasteiger partial charge on any atom is -0.505 e. The van der Waals surface area contributed by atoms with Gasteiger partial charge in [-0.15, -0.1) is 0 Å². The molecule has 0 aliphatic carbocycles. The monoisotopic (exact) mass is 287 g/mol. The Hall–Kier alpha value is -2.56. The van der Waals surface area contributed by atoms with Gasteiger partial charge >= 0.3 is 5.97 Å². The topological polar surface area (TPSA) is 68.1 Å². The molecule has 0 atom stereocenters. The number of aliphatic hydroxyl groups excluding tert-OH is 1. The maximum Gasteiger partial charge on any atom is 0.343 e. The number of carbonyl (C=O) groups is 1. The number of esters is 1. The Kier molecular flexibility index (Phi) is 4.42. The Balaban J connectivity index is 2.32. The highest BCUT2D eigenvalue weighted by Gasteiger charge is 2.27. The summed E-state index contributed by atoms with van der Waals surface area (Å²) in [5.41, 5.74) is 1.77. The number of hydrogen-bond acceptors (Lipinski definition) is 5. The van der Waals surface area contributed by atoms with E-state index in [0.717, 1.165) is 11.3 Å². The van der Waals surface area contributed by atoms with Gasteiger partial charge in [0.1, 0.15) is 17.0 Å². The Morgan fingerprint density at radius 2 is 2.00 bits per heavy atom. The second kappa shape index (κ2) is 6.26. The first-order valence-electron chi connectivity index (χ1n) is 6.59. The summed E-state index contributed by atoms with van der Waals surface area (Å²) in [6, 6.07) is 7.30. The van der Waals surface area contributed by atoms with Crippen LogP contribution in [0.5, 0.6) is 5.75 Å². The number of benzene rings is 1. The number of aliphatic hydroxyl groups is 1. The molecule has 1 N–H and O–H groups in total. The van der Waals surface area contributed by atoms with E-state index in [9.17, 15) is 9.90 Å². The third-order valence-electron chi connectivity index (χ3n) is 3.03. The summed E-state index contributed by atoms with van der Waals surface area (Å²) < 4.78 is 10.00. The van der Waals surface area contributed by atoms with Crippen LogP contribution in [0, 0.1) is 0 Å². The van der Waals surface area contributed by atoms with Crippen molar-refractivity contribution in [2.75, 3.05) is 13.7 Å². The van der Waals surface area contributed by atoms with Crippen molar-refractivity contribution >= 4 is 17.8 Å². The van der Waals surface area contributed by atoms with E-state index in [1.807, 2.05) is 24.3 Å². The number of hydrogen-bond donors (Lipinski definition) is 1. The Morgan fingerprint density at radius 3 is 2.57 bits per heavy atom. The SMILES string of the molecule is CCOC(=O)C1=C(O)/C(=C/c2ccc(OC)cc2)N=C1C. The van der Waals surface area contributed by atoms with Crippen molar-refractivity contribution in [1.82, 2.24) is 0 Å². The van der Waals surface area contributed by atoms with Gasteiger partial charge in [0.2, 0.25) is 0 Å². The largest absolute Gasteiger partial charge is 0.505 e. The number of nitrogens with zero attached hydrogens (tertiary/aromatic N) is 1. The molecule has 0 aromatic heterocycles. The van der Waals surface area contributed by atoms with Crippen molar-refractivity contribution in [1.29, 1.82) is 0 Å². The molecule has 1 aromatic rings. The van der Waals surface area contributed by atoms with Crippen molar-refractivity contribution in [3.8, 4) is 5.75 Å². The average Bonchev–Trinajstić information content (AvgIpc) is 2.74. The van der Waals surface area contributed by atoms with Gasteiger partial charge in [0.15, 0.2) is 5.76 Å². The van der Waals surface area contributed by atoms with Crippen LogP contribution in [0.15, 0.2) is 46.3 Å². The van der Waals surface area contributed by atoms with Crippen LogP contribution >= 0.6 is 0 Å². The second-order valence-electron chi connectivity index (χ2n) is 4.44. The van der Waals surface area contributed by atoms with Crippen molar-refractivity contribution in [3.63, 3.8) is 0 Å². The van der Waals surface area contributed by atoms with Gasteiger partial charge in [-0.2, -0.15) is 0 Å². The first-order valence-corrected chi connectivity index (χ1v) is 6.59. The fourth-order valence-electron chi connectivity index (χ4n) is 2.00. The molecule has 0 saturated carbocycles. The van der Waals surface area contributed by atoms with E-state index in [2.05, 4.69) is 4.99 Å². The summed E-state index contributed by atoms with van der Waals surface area (Å²) in [4.78, 5) is 16.0. The number of methoxy groups -OCH3 is 1. The molecular formula is C16H17NO4. The van der Waals surface area contributed by atoms with Crippen molar-refractivity contribution < 1.29 is 19.4 Å². The summed E-state index contributed by atoms with van der Waals surface area (Å²) in [5, 5.41) is 10.1. The Labute approximate surface area is 123 Å². The lowest BCUT2D eigenvalue weighted by atomic mass is 10.1. The van der Waals surface area contributed by atoms with E-state index in [4.69, 9.17) is 9.47 Å². The molecule has 0 fully saturated rings. The molecule has 0 spiro atoms. The molecule has 1 aliphatic rings. The molecule has 2 rings (SSSR count). The van der Waals surface area contributed by atoms with Crippen LogP contribution in [0.1, 0.15) is 19.4 Å². The maximum atomic E-state index is 11.8. The van der Waals surface area contributed by atoms with E-state index >= 15 is 0 Å². The van der Waals surface area contributed by atoms with Crippen LogP contribution in [0.3, 0.4) is 0 Å². The lowest BCUT2D eigenvalue weighted by molar-refractivity contribution is -0.138. The highest BCUT2D eigenvalue weighted by molar-refractivity contribution is 6.22. The third kappa shape index (κ3) is 3.13. The van der Waals surface area contributed by atoms with Gasteiger partial charge in [-0.25, -0.2) is 9.79 Å². The van der Waals surface area contributed by atoms with Crippen LogP contribution in [0.2, 0.25) is 0 Å². The van der Waals surface area contributed by atoms with Crippen LogP contribution in [-0.4, -0.2) is 30.5 Å². The molecule has 1 aliphatic heterocycles. The molecule has 0 unspecified atom stereocenters. The number of carbonyl (C=O) groups excluding carboxylic acids is 1. The first kappa shape index (κ1) is 14.8. The number of ether oxygens (including phenoxy) is 2. The molecular weight excluding hydrogens is 270 g/mol. The van der Waals surface area contributed by atoms with E-state index in [0.29, 0.717) is 11.4 Å². The average molecular weight is 287 g/mol. The van der Waals surface area contributed by atoms with Gasteiger partial charge in [0, 0.05) is 0 Å². The lowest BCUT2D eigenvalue weighted by Crippen LogP contribution is -2.13. The van der Waals surface area contributed by atoms with Gasteiger partial charge < -0.3 is 14.6 Å². The molecule has 1 heterocycles. The zero-order chi connectivity index (χ0) is 15.4. The summed E-state index contributed by atoms with van der Waals surface area (Å²) in [6.45, 7) is 3.63. The van der Waals surface area contributed by atoms with E-state index in [-0.39, 0.29) is 17.9 Å². The van der Waals surface area contributed by atoms with Gasteiger partial charge in [0.05, 0.1) is 19.4 Å². The summed E-state index contributed by atoms with van der Waals surface area (Å²) in [5.74, 6) is 0.0337. The summed E-state index contributed by atoms with van der Waals surface area (Å²) in [6.07, 6.45) is 1.70. The van der Waals surface area contributed by atoms with Crippen LogP contribution < -0.4 is 4.74 Å². The van der Waals surface area contributed by atoms with Crippen LogP contribution in [0.4, 0.5) is 0 Å². The van der Waals surface area contributed by atoms with Crippen molar-refractivity contribution in [2.45, 2.75) is 13.8 Å². The highest BCUT2D eigenvalue weighted by Crippen LogP contribution is 2.26. The number of rotatable bonds is 4. The fourth-order valence-corrected chi connectivity index (χ4v) is 2.00. The normalized spacial score (nSPS) is 16.1. The predicted molar refractivity (Wildman–Crippen MR) is 80.4 cm³/mol. The lowest BCUT2D eigenvalue weighted by Gasteiger charge is -2.03. The number of aliphatic imine (C=N–C) groups is 1. The Morgan fingerprint density at radius 1 is 1.33 bits per heavy atom. The smallest absolute Gasteiger partial charge is 0.343 e. The molecule has 1 aromatic carbocycles. The third-order valence-corrected chi connectivity index (χ3v) is 3.03. The second-order valence-corrected chi connectivity index (χ2v) is 4.44. The highest BCUT2D eigenvalue weighted by atomic mass is 16.5.